The molecule has 1 aliphatic carbocycles. The summed E-state index contributed by atoms with van der Waals surface area (Å²) in [5.74, 6) is 5.96. The van der Waals surface area contributed by atoms with Crippen LogP contribution >= 0.6 is 0 Å². The average molecular weight is 511 g/mol. The van der Waals surface area contributed by atoms with E-state index in [1.54, 1.807) is 14.0 Å². The second kappa shape index (κ2) is 11.1. The molecule has 36 heavy (non-hydrogen) atoms. The number of benzene rings is 2. The molecular weight excluding hydrogens is 480 g/mol. The van der Waals surface area contributed by atoms with Gasteiger partial charge >= 0.3 is 5.97 Å². The minimum absolute atomic E-state index is 0.00716. The Morgan fingerprint density at radius 1 is 1.19 bits per heavy atom. The molecule has 9 heteroatoms. The minimum atomic E-state index is -4.09. The maximum atomic E-state index is 13.0. The lowest BCUT2D eigenvalue weighted by atomic mass is 9.85. The molecule has 1 fully saturated rings. The first-order chi connectivity index (χ1) is 17.3. The molecule has 1 heterocycles. The summed E-state index contributed by atoms with van der Waals surface area (Å²) >= 11 is 0. The predicted octanol–water partition coefficient (Wildman–Crippen LogP) is 3.83. The maximum absolute atomic E-state index is 13.0. The first-order valence-electron chi connectivity index (χ1n) is 11.8. The van der Waals surface area contributed by atoms with Gasteiger partial charge in [-0.1, -0.05) is 12.3 Å². The summed E-state index contributed by atoms with van der Waals surface area (Å²) in [7, 11) is -2.51. The number of aromatic nitrogens is 1. The highest BCUT2D eigenvalue weighted by Crippen LogP contribution is 2.32. The van der Waals surface area contributed by atoms with Crippen LogP contribution in [0.4, 0.5) is 0 Å². The van der Waals surface area contributed by atoms with Gasteiger partial charge in [0.05, 0.1) is 12.0 Å². The average Bonchev–Trinajstić information content (AvgIpc) is 3.17. The molecule has 1 unspecified atom stereocenters. The number of carbonyl (C=O) groups is 1. The van der Waals surface area contributed by atoms with E-state index in [2.05, 4.69) is 21.1 Å². The molecule has 0 aliphatic heterocycles. The summed E-state index contributed by atoms with van der Waals surface area (Å²) in [5.41, 5.74) is 1.73. The zero-order valence-corrected chi connectivity index (χ0v) is 21.2. The van der Waals surface area contributed by atoms with Gasteiger partial charge < -0.3 is 19.1 Å². The number of ether oxygens (including phenoxy) is 2. The lowest BCUT2D eigenvalue weighted by Crippen LogP contribution is -2.42. The second-order valence-corrected chi connectivity index (χ2v) is 10.6. The lowest BCUT2D eigenvalue weighted by Gasteiger charge is -2.26. The summed E-state index contributed by atoms with van der Waals surface area (Å²) < 4.78 is 41.3. The fourth-order valence-electron chi connectivity index (χ4n) is 4.31. The van der Waals surface area contributed by atoms with Crippen molar-refractivity contribution < 1.29 is 27.8 Å². The molecule has 3 aromatic rings. The Kier molecular flexibility index (Phi) is 7.87. The van der Waals surface area contributed by atoms with Crippen LogP contribution in [0.2, 0.25) is 0 Å². The van der Waals surface area contributed by atoms with Gasteiger partial charge in [0.1, 0.15) is 24.1 Å². The van der Waals surface area contributed by atoms with Crippen molar-refractivity contribution in [1.82, 2.24) is 9.29 Å². The quantitative estimate of drug-likeness (QED) is 0.380. The number of aliphatic carboxylic acids is 1. The zero-order valence-electron chi connectivity index (χ0n) is 20.4. The molecule has 2 N–H and O–H groups in total. The second-order valence-electron chi connectivity index (χ2n) is 8.89. The number of carboxylic acids is 1. The first kappa shape index (κ1) is 25.6. The van der Waals surface area contributed by atoms with E-state index in [0.717, 1.165) is 23.0 Å². The van der Waals surface area contributed by atoms with Crippen molar-refractivity contribution in [2.24, 2.45) is 5.92 Å². The van der Waals surface area contributed by atoms with Crippen molar-refractivity contribution in [3.05, 3.63) is 54.2 Å². The van der Waals surface area contributed by atoms with E-state index in [1.807, 2.05) is 24.4 Å². The van der Waals surface area contributed by atoms with E-state index in [-0.39, 0.29) is 17.9 Å². The molecule has 4 rings (SSSR count). The summed E-state index contributed by atoms with van der Waals surface area (Å²) in [4.78, 5) is 12.1. The van der Waals surface area contributed by atoms with Crippen LogP contribution in [0.5, 0.6) is 11.5 Å². The van der Waals surface area contributed by atoms with Gasteiger partial charge in [0, 0.05) is 30.1 Å². The van der Waals surface area contributed by atoms with Gasteiger partial charge in [-0.15, -0.1) is 5.92 Å². The number of methoxy groups -OCH3 is 1. The third kappa shape index (κ3) is 5.83. The smallest absolute Gasteiger partial charge is 0.322 e. The molecule has 1 atom stereocenters. The van der Waals surface area contributed by atoms with Crippen molar-refractivity contribution in [3.63, 3.8) is 0 Å². The minimum Gasteiger partial charge on any atom is -0.497 e. The first-order valence-corrected chi connectivity index (χ1v) is 13.3. The van der Waals surface area contributed by atoms with E-state index < -0.39 is 22.0 Å². The fraction of sp³-hybridized carbons (Fsp3) is 0.370. The number of rotatable bonds is 11. The molecule has 0 saturated heterocycles. The van der Waals surface area contributed by atoms with Gasteiger partial charge in [0.2, 0.25) is 10.0 Å². The lowest BCUT2D eigenvalue weighted by molar-refractivity contribution is -0.138. The molecule has 0 radical (unpaired) electrons. The van der Waals surface area contributed by atoms with Crippen molar-refractivity contribution in [1.29, 1.82) is 0 Å². The summed E-state index contributed by atoms with van der Waals surface area (Å²) in [6.45, 7) is 2.75. The van der Waals surface area contributed by atoms with E-state index in [4.69, 9.17) is 9.47 Å². The number of hydrogen-bond acceptors (Lipinski definition) is 5. The fourth-order valence-corrected chi connectivity index (χ4v) is 5.49. The number of nitrogens with one attached hydrogen (secondary N) is 1. The number of hydrogen-bond donors (Lipinski definition) is 2. The monoisotopic (exact) mass is 510 g/mol. The predicted molar refractivity (Wildman–Crippen MR) is 137 cm³/mol. The zero-order chi connectivity index (χ0) is 25.7. The summed E-state index contributed by atoms with van der Waals surface area (Å²) in [6, 6.07) is 10.2. The van der Waals surface area contributed by atoms with Gasteiger partial charge in [-0.05, 0) is 73.7 Å². The third-order valence-electron chi connectivity index (χ3n) is 6.49. The molecule has 0 amide bonds. The topological polar surface area (TPSA) is 107 Å². The van der Waals surface area contributed by atoms with Crippen molar-refractivity contribution >= 4 is 26.9 Å². The van der Waals surface area contributed by atoms with Crippen LogP contribution in [0.15, 0.2) is 53.6 Å². The molecule has 0 bridgehead atoms. The van der Waals surface area contributed by atoms with Crippen molar-refractivity contribution in [2.75, 3.05) is 13.7 Å². The Hall–Kier alpha value is -3.48. The normalized spacial score (nSPS) is 14.5. The van der Waals surface area contributed by atoms with Crippen LogP contribution in [0.25, 0.3) is 10.9 Å². The van der Waals surface area contributed by atoms with E-state index in [1.165, 1.54) is 43.5 Å². The molecule has 0 spiro atoms. The highest BCUT2D eigenvalue weighted by Gasteiger charge is 2.28. The van der Waals surface area contributed by atoms with Gasteiger partial charge in [-0.3, -0.25) is 4.79 Å². The molecular formula is C27H30N2O6S. The molecule has 8 nitrogen and oxygen atoms in total. The molecule has 190 valence electrons. The summed E-state index contributed by atoms with van der Waals surface area (Å²) in [6.07, 6.45) is 5.52. The third-order valence-corrected chi connectivity index (χ3v) is 7.98. The van der Waals surface area contributed by atoms with Crippen LogP contribution in [-0.4, -0.2) is 43.8 Å². The van der Waals surface area contributed by atoms with E-state index in [9.17, 15) is 18.3 Å². The van der Waals surface area contributed by atoms with Crippen molar-refractivity contribution in [3.8, 4) is 23.3 Å². The Bertz CT molecular complexity index is 1400. The maximum Gasteiger partial charge on any atom is 0.322 e. The number of fused-ring (bicyclic) bond motifs is 1. The molecule has 1 saturated carbocycles. The molecule has 1 aliphatic rings. The number of carboxylic acid groups (broad SMARTS) is 1. The van der Waals surface area contributed by atoms with Gasteiger partial charge in [0.15, 0.2) is 0 Å². The summed E-state index contributed by atoms with van der Waals surface area (Å²) in [5, 5.41) is 10.7. The SMILES string of the molecule is CC#CCOc1ccc(S(=O)(=O)NC(Cc2cn(CC3CCC3)c3ccc(OC)cc23)C(=O)O)cc1. The highest BCUT2D eigenvalue weighted by atomic mass is 32.2. The van der Waals surface area contributed by atoms with Crippen LogP contribution in [0.1, 0.15) is 31.7 Å². The van der Waals surface area contributed by atoms with Crippen LogP contribution < -0.4 is 14.2 Å². The standard InChI is InChI=1S/C27H30N2O6S/c1-3-4-14-35-21-8-11-23(12-9-21)36(32,33)28-25(27(30)31)15-20-18-29(17-19-6-5-7-19)26-13-10-22(34-2)16-24(20)26/h8-13,16,18-19,25,28H,5-7,14-15,17H2,1-2H3,(H,30,31). The Morgan fingerprint density at radius 3 is 2.53 bits per heavy atom. The largest absolute Gasteiger partial charge is 0.497 e. The van der Waals surface area contributed by atoms with E-state index >= 15 is 0 Å². The highest BCUT2D eigenvalue weighted by molar-refractivity contribution is 7.89. The Morgan fingerprint density at radius 2 is 1.92 bits per heavy atom. The molecule has 1 aromatic heterocycles. The molecule has 2 aromatic carbocycles. The van der Waals surface area contributed by atoms with Crippen LogP contribution in [-0.2, 0) is 27.8 Å². The number of nitrogens with zero attached hydrogens (tertiary/aromatic N) is 1. The number of sulfonamides is 1. The van der Waals surface area contributed by atoms with Gasteiger partial charge in [0.25, 0.3) is 0 Å². The van der Waals surface area contributed by atoms with Crippen molar-refractivity contribution in [2.45, 2.75) is 50.1 Å². The van der Waals surface area contributed by atoms with Gasteiger partial charge in [-0.25, -0.2) is 8.42 Å². The van der Waals surface area contributed by atoms with E-state index in [0.29, 0.717) is 17.4 Å². The van der Waals surface area contributed by atoms with Gasteiger partial charge in [-0.2, -0.15) is 4.72 Å². The van der Waals surface area contributed by atoms with Crippen LogP contribution in [0.3, 0.4) is 0 Å². The van der Waals surface area contributed by atoms with Crippen LogP contribution in [0, 0.1) is 17.8 Å². The Labute approximate surface area is 211 Å². The Balaban J connectivity index is 1.57.